The van der Waals surface area contributed by atoms with Crippen LogP contribution in [0.25, 0.3) is 0 Å². The molecule has 0 aromatic carbocycles. The van der Waals surface area contributed by atoms with Gasteiger partial charge in [-0.25, -0.2) is 0 Å². The number of hydrogen-bond acceptors (Lipinski definition) is 2. The first-order valence-electron chi connectivity index (χ1n) is 9.16. The van der Waals surface area contributed by atoms with Crippen LogP contribution < -0.4 is 10.6 Å². The highest BCUT2D eigenvalue weighted by atomic mass is 16.1. The molecule has 0 aromatic rings. The van der Waals surface area contributed by atoms with Crippen molar-refractivity contribution in [2.75, 3.05) is 6.54 Å². The number of hydrogen-bond donors (Lipinski definition) is 2. The molecule has 0 aliphatic heterocycles. The van der Waals surface area contributed by atoms with Crippen molar-refractivity contribution in [3.63, 3.8) is 0 Å². The van der Waals surface area contributed by atoms with Gasteiger partial charge in [0.1, 0.15) is 0 Å². The summed E-state index contributed by atoms with van der Waals surface area (Å²) < 4.78 is 0. The predicted molar refractivity (Wildman–Crippen MR) is 83.9 cm³/mol. The van der Waals surface area contributed by atoms with Gasteiger partial charge in [-0.3, -0.25) is 4.79 Å². The molecular formula is C18H30N2O. The minimum Gasteiger partial charge on any atom is -0.353 e. The number of rotatable bonds is 6. The van der Waals surface area contributed by atoms with E-state index in [1.807, 2.05) is 0 Å². The fraction of sp³-hybridized carbons (Fsp3) is 0.944. The van der Waals surface area contributed by atoms with Crippen molar-refractivity contribution in [3.8, 4) is 0 Å². The van der Waals surface area contributed by atoms with Crippen LogP contribution in [0, 0.1) is 23.2 Å². The average molecular weight is 290 g/mol. The molecule has 3 nitrogen and oxygen atoms in total. The molecule has 0 heterocycles. The molecule has 2 N–H and O–H groups in total. The topological polar surface area (TPSA) is 41.1 Å². The van der Waals surface area contributed by atoms with Crippen LogP contribution in [0.5, 0.6) is 0 Å². The number of nitrogens with one attached hydrogen (secondary N) is 2. The Kier molecular flexibility index (Phi) is 3.52. The maximum atomic E-state index is 12.2. The second-order valence-electron chi connectivity index (χ2n) is 8.55. The fourth-order valence-electron chi connectivity index (χ4n) is 5.85. The van der Waals surface area contributed by atoms with Crippen molar-refractivity contribution in [2.45, 2.75) is 76.8 Å². The van der Waals surface area contributed by atoms with E-state index in [-0.39, 0.29) is 5.91 Å². The lowest BCUT2D eigenvalue weighted by molar-refractivity contribution is -0.125. The molecule has 5 aliphatic rings. The van der Waals surface area contributed by atoms with Gasteiger partial charge in [0.15, 0.2) is 0 Å². The molecule has 1 unspecified atom stereocenters. The molecule has 0 saturated heterocycles. The summed E-state index contributed by atoms with van der Waals surface area (Å²) in [6.45, 7) is 3.13. The van der Waals surface area contributed by atoms with Crippen LogP contribution in [0.3, 0.4) is 0 Å². The summed E-state index contributed by atoms with van der Waals surface area (Å²) in [5.41, 5.74) is 0.439. The van der Waals surface area contributed by atoms with Gasteiger partial charge in [0.05, 0.1) is 0 Å². The first kappa shape index (κ1) is 14.0. The normalized spacial score (nSPS) is 42.0. The molecule has 118 valence electrons. The molecule has 5 aliphatic carbocycles. The Hall–Kier alpha value is -0.570. The van der Waals surface area contributed by atoms with E-state index in [4.69, 9.17) is 0 Å². The maximum absolute atomic E-state index is 12.2. The van der Waals surface area contributed by atoms with Crippen molar-refractivity contribution < 1.29 is 4.79 Å². The van der Waals surface area contributed by atoms with E-state index in [1.54, 1.807) is 0 Å². The van der Waals surface area contributed by atoms with Gasteiger partial charge in [0.25, 0.3) is 0 Å². The van der Waals surface area contributed by atoms with E-state index >= 15 is 0 Å². The highest BCUT2D eigenvalue weighted by molar-refractivity contribution is 5.76. The van der Waals surface area contributed by atoms with Crippen molar-refractivity contribution in [1.82, 2.24) is 10.6 Å². The molecule has 21 heavy (non-hydrogen) atoms. The zero-order valence-corrected chi connectivity index (χ0v) is 13.4. The van der Waals surface area contributed by atoms with E-state index in [1.165, 1.54) is 51.4 Å². The van der Waals surface area contributed by atoms with Gasteiger partial charge in [-0.05, 0) is 81.5 Å². The van der Waals surface area contributed by atoms with E-state index in [0.29, 0.717) is 23.9 Å². The van der Waals surface area contributed by atoms with Gasteiger partial charge in [-0.1, -0.05) is 0 Å². The Bertz CT molecular complexity index is 380. The van der Waals surface area contributed by atoms with Crippen molar-refractivity contribution >= 4 is 5.91 Å². The van der Waals surface area contributed by atoms with E-state index in [2.05, 4.69) is 17.6 Å². The molecule has 0 spiro atoms. The van der Waals surface area contributed by atoms with Crippen LogP contribution in [-0.2, 0) is 4.79 Å². The second-order valence-corrected chi connectivity index (χ2v) is 8.55. The zero-order chi connectivity index (χ0) is 14.4. The third-order valence-corrected chi connectivity index (χ3v) is 6.74. The van der Waals surface area contributed by atoms with Crippen molar-refractivity contribution in [3.05, 3.63) is 0 Å². The van der Waals surface area contributed by atoms with Crippen LogP contribution >= 0.6 is 0 Å². The smallest absolute Gasteiger partial charge is 0.221 e. The standard InChI is InChI=1S/C18H30N2O/c1-12(20-17(21)4-5-19-16-2-3-16)18-9-13-6-14(10-18)8-15(7-13)11-18/h12-16,19H,2-11H2,1H3,(H,20,21). The number of carbonyl (C=O) groups is 1. The Morgan fingerprint density at radius 2 is 1.67 bits per heavy atom. The van der Waals surface area contributed by atoms with E-state index < -0.39 is 0 Å². The summed E-state index contributed by atoms with van der Waals surface area (Å²) in [6, 6.07) is 1.08. The molecule has 5 rings (SSSR count). The van der Waals surface area contributed by atoms with Gasteiger partial charge in [0.2, 0.25) is 5.91 Å². The van der Waals surface area contributed by atoms with Gasteiger partial charge in [-0.15, -0.1) is 0 Å². The lowest BCUT2D eigenvalue weighted by Gasteiger charge is -2.59. The summed E-state index contributed by atoms with van der Waals surface area (Å²) in [4.78, 5) is 12.2. The van der Waals surface area contributed by atoms with Gasteiger partial charge in [-0.2, -0.15) is 0 Å². The van der Waals surface area contributed by atoms with Crippen molar-refractivity contribution in [2.24, 2.45) is 23.2 Å². The van der Waals surface area contributed by atoms with Crippen LogP contribution in [0.2, 0.25) is 0 Å². The van der Waals surface area contributed by atoms with Crippen LogP contribution in [-0.4, -0.2) is 24.5 Å². The number of carbonyl (C=O) groups excluding carboxylic acids is 1. The molecule has 0 radical (unpaired) electrons. The summed E-state index contributed by atoms with van der Waals surface area (Å²) in [5.74, 6) is 3.15. The van der Waals surface area contributed by atoms with Crippen LogP contribution in [0.4, 0.5) is 0 Å². The molecule has 5 saturated carbocycles. The van der Waals surface area contributed by atoms with Crippen LogP contribution in [0.1, 0.15) is 64.7 Å². The predicted octanol–water partition coefficient (Wildman–Crippen LogP) is 2.85. The van der Waals surface area contributed by atoms with Gasteiger partial charge in [0, 0.05) is 25.0 Å². The quantitative estimate of drug-likeness (QED) is 0.790. The minimum atomic E-state index is 0.256. The third-order valence-electron chi connectivity index (χ3n) is 6.74. The molecule has 1 atom stereocenters. The maximum Gasteiger partial charge on any atom is 0.221 e. The van der Waals surface area contributed by atoms with E-state index in [9.17, 15) is 4.79 Å². The molecule has 3 heteroatoms. The summed E-state index contributed by atoms with van der Waals surface area (Å²) in [7, 11) is 0. The minimum absolute atomic E-state index is 0.256. The highest BCUT2D eigenvalue weighted by Crippen LogP contribution is 2.61. The monoisotopic (exact) mass is 290 g/mol. The Balaban J connectivity index is 1.31. The number of amides is 1. The second kappa shape index (κ2) is 5.26. The highest BCUT2D eigenvalue weighted by Gasteiger charge is 2.53. The first-order chi connectivity index (χ1) is 10.1. The van der Waals surface area contributed by atoms with Gasteiger partial charge >= 0.3 is 0 Å². The Labute approximate surface area is 128 Å². The summed E-state index contributed by atoms with van der Waals surface area (Å²) in [6.07, 6.45) is 11.8. The lowest BCUT2D eigenvalue weighted by Crippen LogP contribution is -2.56. The fourth-order valence-corrected chi connectivity index (χ4v) is 5.85. The largest absolute Gasteiger partial charge is 0.353 e. The van der Waals surface area contributed by atoms with Gasteiger partial charge < -0.3 is 10.6 Å². The molecular weight excluding hydrogens is 260 g/mol. The first-order valence-corrected chi connectivity index (χ1v) is 9.16. The lowest BCUT2D eigenvalue weighted by atomic mass is 9.48. The molecule has 4 bridgehead atoms. The summed E-state index contributed by atoms with van der Waals surface area (Å²) >= 11 is 0. The molecule has 1 amide bonds. The molecule has 0 aromatic heterocycles. The molecule has 5 fully saturated rings. The Morgan fingerprint density at radius 1 is 1.10 bits per heavy atom. The average Bonchev–Trinajstić information content (AvgIpc) is 3.21. The Morgan fingerprint density at radius 3 is 2.19 bits per heavy atom. The summed E-state index contributed by atoms with van der Waals surface area (Å²) in [5, 5.41) is 6.79. The SMILES string of the molecule is CC(NC(=O)CCNC1CC1)C12CC3CC(CC(C3)C1)C2. The zero-order valence-electron chi connectivity index (χ0n) is 13.4. The van der Waals surface area contributed by atoms with E-state index in [0.717, 1.165) is 24.3 Å². The van der Waals surface area contributed by atoms with Crippen LogP contribution in [0.15, 0.2) is 0 Å². The third kappa shape index (κ3) is 2.86. The van der Waals surface area contributed by atoms with Crippen molar-refractivity contribution in [1.29, 1.82) is 0 Å².